The summed E-state index contributed by atoms with van der Waals surface area (Å²) in [4.78, 5) is 11.1. The van der Waals surface area contributed by atoms with E-state index in [0.717, 1.165) is 30.2 Å². The molecule has 0 saturated heterocycles. The summed E-state index contributed by atoms with van der Waals surface area (Å²) in [7, 11) is 0. The first kappa shape index (κ1) is 11.3. The average Bonchev–Trinajstić information content (AvgIpc) is 3.09. The van der Waals surface area contributed by atoms with Gasteiger partial charge in [0.2, 0.25) is 5.95 Å². The van der Waals surface area contributed by atoms with E-state index in [9.17, 15) is 0 Å². The Morgan fingerprint density at radius 1 is 1.50 bits per heavy atom. The molecule has 1 aromatic heterocycles. The van der Waals surface area contributed by atoms with Crippen molar-refractivity contribution in [2.75, 3.05) is 11.4 Å². The van der Waals surface area contributed by atoms with E-state index in [1.807, 2.05) is 6.92 Å². The van der Waals surface area contributed by atoms with Crippen LogP contribution in [-0.2, 0) is 6.61 Å². The first-order valence-corrected chi connectivity index (χ1v) is 5.96. The van der Waals surface area contributed by atoms with E-state index in [4.69, 9.17) is 5.11 Å². The summed E-state index contributed by atoms with van der Waals surface area (Å²) in [5.74, 6) is 0.819. The smallest absolute Gasteiger partial charge is 0.225 e. The molecule has 1 saturated carbocycles. The molecule has 0 radical (unpaired) electrons. The number of hydrogen-bond donors (Lipinski definition) is 1. The Balaban J connectivity index is 2.20. The minimum atomic E-state index is 0.0172. The normalized spacial score (nSPS) is 15.2. The second kappa shape index (κ2) is 4.78. The minimum Gasteiger partial charge on any atom is -0.392 e. The maximum atomic E-state index is 9.08. The van der Waals surface area contributed by atoms with Crippen LogP contribution in [0.5, 0.6) is 0 Å². The molecule has 1 fully saturated rings. The van der Waals surface area contributed by atoms with Gasteiger partial charge >= 0.3 is 0 Å². The van der Waals surface area contributed by atoms with Crippen LogP contribution in [0.15, 0.2) is 6.20 Å². The summed E-state index contributed by atoms with van der Waals surface area (Å²) in [5, 5.41) is 9.08. The van der Waals surface area contributed by atoms with Gasteiger partial charge in [0.25, 0.3) is 0 Å². The molecule has 2 rings (SSSR count). The van der Waals surface area contributed by atoms with Crippen LogP contribution in [0.2, 0.25) is 0 Å². The van der Waals surface area contributed by atoms with Crippen molar-refractivity contribution in [1.82, 2.24) is 9.97 Å². The van der Waals surface area contributed by atoms with Gasteiger partial charge in [0.05, 0.1) is 6.61 Å². The van der Waals surface area contributed by atoms with Crippen LogP contribution in [0.1, 0.15) is 37.4 Å². The largest absolute Gasteiger partial charge is 0.392 e. The molecule has 0 spiro atoms. The molecule has 1 aliphatic carbocycles. The van der Waals surface area contributed by atoms with E-state index in [-0.39, 0.29) is 6.61 Å². The van der Waals surface area contributed by atoms with Crippen molar-refractivity contribution in [2.45, 2.75) is 45.8 Å². The number of anilines is 1. The number of rotatable bonds is 5. The maximum Gasteiger partial charge on any atom is 0.225 e. The third kappa shape index (κ3) is 2.32. The Kier molecular flexibility index (Phi) is 3.39. The molecule has 0 unspecified atom stereocenters. The fraction of sp³-hybridized carbons (Fsp3) is 0.667. The van der Waals surface area contributed by atoms with E-state index in [2.05, 4.69) is 21.8 Å². The van der Waals surface area contributed by atoms with Crippen LogP contribution in [0.25, 0.3) is 0 Å². The number of aliphatic hydroxyl groups excluding tert-OH is 1. The molecule has 1 heterocycles. The van der Waals surface area contributed by atoms with Crippen LogP contribution in [0.3, 0.4) is 0 Å². The van der Waals surface area contributed by atoms with E-state index in [1.54, 1.807) is 6.20 Å². The monoisotopic (exact) mass is 221 g/mol. The molecule has 0 amide bonds. The van der Waals surface area contributed by atoms with Gasteiger partial charge in [-0.1, -0.05) is 6.92 Å². The van der Waals surface area contributed by atoms with Crippen molar-refractivity contribution in [3.8, 4) is 0 Å². The van der Waals surface area contributed by atoms with Gasteiger partial charge in [-0.3, -0.25) is 0 Å². The SMILES string of the molecule is CCCN(c1ncc(CO)c(C)n1)C1CC1. The number of aryl methyl sites for hydroxylation is 1. The molecule has 0 aromatic carbocycles. The first-order valence-electron chi connectivity index (χ1n) is 5.96. The molecule has 0 atom stereocenters. The van der Waals surface area contributed by atoms with Crippen LogP contribution in [0, 0.1) is 6.92 Å². The van der Waals surface area contributed by atoms with Crippen molar-refractivity contribution in [3.05, 3.63) is 17.5 Å². The molecule has 4 heteroatoms. The lowest BCUT2D eigenvalue weighted by Crippen LogP contribution is -2.28. The molecule has 1 aromatic rings. The lowest BCUT2D eigenvalue weighted by atomic mass is 10.2. The Bertz CT molecular complexity index is 363. The molecule has 1 N–H and O–H groups in total. The second-order valence-electron chi connectivity index (χ2n) is 4.36. The summed E-state index contributed by atoms with van der Waals surface area (Å²) in [6.07, 6.45) is 5.36. The predicted octanol–water partition coefficient (Wildman–Crippen LogP) is 1.66. The average molecular weight is 221 g/mol. The fourth-order valence-electron chi connectivity index (χ4n) is 1.85. The fourth-order valence-corrected chi connectivity index (χ4v) is 1.85. The summed E-state index contributed by atoms with van der Waals surface area (Å²) in [6, 6.07) is 0.638. The Hall–Kier alpha value is -1.16. The number of aliphatic hydroxyl groups is 1. The lowest BCUT2D eigenvalue weighted by molar-refractivity contribution is 0.280. The van der Waals surface area contributed by atoms with Gasteiger partial charge in [-0.05, 0) is 26.2 Å². The van der Waals surface area contributed by atoms with Gasteiger partial charge in [-0.15, -0.1) is 0 Å². The summed E-state index contributed by atoms with van der Waals surface area (Å²) in [6.45, 7) is 5.13. The molecule has 1 aliphatic rings. The highest BCUT2D eigenvalue weighted by Crippen LogP contribution is 2.29. The third-order valence-corrected chi connectivity index (χ3v) is 2.95. The lowest BCUT2D eigenvalue weighted by Gasteiger charge is -2.22. The summed E-state index contributed by atoms with van der Waals surface area (Å²) in [5.41, 5.74) is 1.70. The highest BCUT2D eigenvalue weighted by molar-refractivity contribution is 5.36. The Morgan fingerprint density at radius 2 is 2.25 bits per heavy atom. The molecule has 4 nitrogen and oxygen atoms in total. The number of aromatic nitrogens is 2. The zero-order valence-corrected chi connectivity index (χ0v) is 9.98. The van der Waals surface area contributed by atoms with Crippen molar-refractivity contribution < 1.29 is 5.11 Å². The van der Waals surface area contributed by atoms with Crippen LogP contribution < -0.4 is 4.90 Å². The predicted molar refractivity (Wildman–Crippen MR) is 63.4 cm³/mol. The van der Waals surface area contributed by atoms with Gasteiger partial charge < -0.3 is 10.0 Å². The maximum absolute atomic E-state index is 9.08. The van der Waals surface area contributed by atoms with Crippen molar-refractivity contribution in [3.63, 3.8) is 0 Å². The zero-order valence-electron chi connectivity index (χ0n) is 9.98. The summed E-state index contributed by atoms with van der Waals surface area (Å²) >= 11 is 0. The topological polar surface area (TPSA) is 49.2 Å². The van der Waals surface area contributed by atoms with Crippen molar-refractivity contribution in [2.24, 2.45) is 0 Å². The van der Waals surface area contributed by atoms with E-state index >= 15 is 0 Å². The van der Waals surface area contributed by atoms with Crippen molar-refractivity contribution in [1.29, 1.82) is 0 Å². The molecule has 0 aliphatic heterocycles. The third-order valence-electron chi connectivity index (χ3n) is 2.95. The standard InChI is InChI=1S/C12H19N3O/c1-3-6-15(11-4-5-11)12-13-7-10(8-16)9(2)14-12/h7,11,16H,3-6,8H2,1-2H3. The van der Waals surface area contributed by atoms with Crippen LogP contribution in [0.4, 0.5) is 5.95 Å². The number of nitrogens with zero attached hydrogens (tertiary/aromatic N) is 3. The summed E-state index contributed by atoms with van der Waals surface area (Å²) < 4.78 is 0. The molecule has 16 heavy (non-hydrogen) atoms. The van der Waals surface area contributed by atoms with Gasteiger partial charge in [-0.2, -0.15) is 0 Å². The molecule has 0 bridgehead atoms. The highest BCUT2D eigenvalue weighted by atomic mass is 16.3. The zero-order chi connectivity index (χ0) is 11.5. The Labute approximate surface area is 96.3 Å². The van der Waals surface area contributed by atoms with Gasteiger partial charge in [0.15, 0.2) is 0 Å². The quantitative estimate of drug-likeness (QED) is 0.821. The van der Waals surface area contributed by atoms with Gasteiger partial charge in [0.1, 0.15) is 0 Å². The number of hydrogen-bond acceptors (Lipinski definition) is 4. The van der Waals surface area contributed by atoms with Gasteiger partial charge in [0, 0.05) is 30.0 Å². The highest BCUT2D eigenvalue weighted by Gasteiger charge is 2.30. The van der Waals surface area contributed by atoms with Gasteiger partial charge in [-0.25, -0.2) is 9.97 Å². The Morgan fingerprint density at radius 3 is 2.75 bits per heavy atom. The molecular formula is C12H19N3O. The minimum absolute atomic E-state index is 0.0172. The second-order valence-corrected chi connectivity index (χ2v) is 4.36. The first-order chi connectivity index (χ1) is 7.76. The van der Waals surface area contributed by atoms with Crippen LogP contribution in [-0.4, -0.2) is 27.7 Å². The molecule has 88 valence electrons. The van der Waals surface area contributed by atoms with E-state index in [1.165, 1.54) is 12.8 Å². The van der Waals surface area contributed by atoms with Crippen LogP contribution >= 0.6 is 0 Å². The van der Waals surface area contributed by atoms with E-state index in [0.29, 0.717) is 6.04 Å². The molecular weight excluding hydrogens is 202 g/mol. The van der Waals surface area contributed by atoms with Crippen molar-refractivity contribution >= 4 is 5.95 Å². The van der Waals surface area contributed by atoms with E-state index < -0.39 is 0 Å².